The van der Waals surface area contributed by atoms with Crippen molar-refractivity contribution in [2.45, 2.75) is 25.4 Å². The molecule has 0 aromatic heterocycles. The molecule has 0 spiro atoms. The zero-order chi connectivity index (χ0) is 18.6. The van der Waals surface area contributed by atoms with Crippen LogP contribution >= 0.6 is 0 Å². The summed E-state index contributed by atoms with van der Waals surface area (Å²) >= 11 is 0. The number of nitrogens with one attached hydrogen (secondary N) is 1. The van der Waals surface area contributed by atoms with Gasteiger partial charge in [-0.3, -0.25) is 4.90 Å². The van der Waals surface area contributed by atoms with E-state index in [9.17, 15) is 4.79 Å². The van der Waals surface area contributed by atoms with Crippen molar-refractivity contribution in [1.82, 2.24) is 15.1 Å². The van der Waals surface area contributed by atoms with E-state index in [1.54, 1.807) is 0 Å². The number of nitrogens with zero attached hydrogens (tertiary/aromatic N) is 2. The number of likely N-dealkylation sites (N-methyl/N-ethyl adjacent to an activating group) is 1. The molecule has 27 heavy (non-hydrogen) atoms. The van der Waals surface area contributed by atoms with Gasteiger partial charge in [0.25, 0.3) is 0 Å². The Morgan fingerprint density at radius 2 is 1.81 bits per heavy atom. The van der Waals surface area contributed by atoms with Crippen molar-refractivity contribution >= 4 is 11.6 Å². The van der Waals surface area contributed by atoms with Gasteiger partial charge < -0.3 is 10.2 Å². The van der Waals surface area contributed by atoms with Crippen LogP contribution in [-0.2, 0) is 13.0 Å². The summed E-state index contributed by atoms with van der Waals surface area (Å²) in [7, 11) is 2.14. The molecule has 4 rings (SSSR count). The van der Waals surface area contributed by atoms with Crippen LogP contribution in [0, 0.1) is 0 Å². The molecule has 0 saturated carbocycles. The van der Waals surface area contributed by atoms with E-state index in [0.717, 1.165) is 25.9 Å². The number of urea groups is 1. The maximum Gasteiger partial charge on any atom is 0.317 e. The Morgan fingerprint density at radius 3 is 2.56 bits per heavy atom. The average Bonchev–Trinajstić information content (AvgIpc) is 2.73. The van der Waals surface area contributed by atoms with Crippen LogP contribution in [0.4, 0.5) is 4.79 Å². The van der Waals surface area contributed by atoms with Gasteiger partial charge >= 0.3 is 6.03 Å². The van der Waals surface area contributed by atoms with Crippen molar-refractivity contribution in [3.63, 3.8) is 0 Å². The van der Waals surface area contributed by atoms with Crippen LogP contribution in [0.15, 0.2) is 60.7 Å². The van der Waals surface area contributed by atoms with Crippen LogP contribution in [0.2, 0.25) is 0 Å². The lowest BCUT2D eigenvalue weighted by molar-refractivity contribution is 0.185. The molecule has 2 heterocycles. The normalized spacial score (nSPS) is 20.0. The lowest BCUT2D eigenvalue weighted by atomic mass is 9.94. The Bertz CT molecular complexity index is 831. The van der Waals surface area contributed by atoms with Gasteiger partial charge in [-0.15, -0.1) is 0 Å². The fraction of sp³-hybridized carbons (Fsp3) is 0.348. The summed E-state index contributed by atoms with van der Waals surface area (Å²) in [5.41, 5.74) is 5.41. The van der Waals surface area contributed by atoms with Gasteiger partial charge in [-0.25, -0.2) is 4.79 Å². The van der Waals surface area contributed by atoms with Crippen molar-refractivity contribution < 1.29 is 4.79 Å². The largest absolute Gasteiger partial charge is 0.336 e. The van der Waals surface area contributed by atoms with E-state index in [2.05, 4.69) is 71.9 Å². The first-order valence-electron chi connectivity index (χ1n) is 9.75. The summed E-state index contributed by atoms with van der Waals surface area (Å²) in [4.78, 5) is 16.8. The van der Waals surface area contributed by atoms with Crippen molar-refractivity contribution in [2.24, 2.45) is 0 Å². The Hall–Kier alpha value is -2.59. The monoisotopic (exact) mass is 361 g/mol. The van der Waals surface area contributed by atoms with Crippen LogP contribution in [-0.4, -0.2) is 48.6 Å². The number of fused-ring (bicyclic) bond motifs is 1. The molecule has 0 aliphatic carbocycles. The molecular formula is C23H27N3O. The molecule has 4 heteroatoms. The zero-order valence-electron chi connectivity index (χ0n) is 15.9. The molecular weight excluding hydrogens is 334 g/mol. The molecule has 2 aromatic rings. The highest BCUT2D eigenvalue weighted by atomic mass is 16.2. The molecule has 2 amide bonds. The quantitative estimate of drug-likeness (QED) is 0.908. The highest BCUT2D eigenvalue weighted by molar-refractivity contribution is 5.76. The Morgan fingerprint density at radius 1 is 1.07 bits per heavy atom. The first kappa shape index (κ1) is 17.8. The summed E-state index contributed by atoms with van der Waals surface area (Å²) in [6.07, 6.45) is 4.08. The van der Waals surface area contributed by atoms with Gasteiger partial charge in [-0.05, 0) is 42.2 Å². The van der Waals surface area contributed by atoms with Gasteiger partial charge in [0.15, 0.2) is 0 Å². The maximum absolute atomic E-state index is 12.6. The second-order valence-corrected chi connectivity index (χ2v) is 7.52. The van der Waals surface area contributed by atoms with Gasteiger partial charge in [-0.2, -0.15) is 0 Å². The Balaban J connectivity index is 1.31. The minimum atomic E-state index is 0.0469. The number of hydrogen-bond donors (Lipinski definition) is 1. The minimum Gasteiger partial charge on any atom is -0.336 e. The molecule has 0 saturated heterocycles. The summed E-state index contributed by atoms with van der Waals surface area (Å²) in [5, 5.41) is 3.15. The predicted octanol–water partition coefficient (Wildman–Crippen LogP) is 3.54. The zero-order valence-corrected chi connectivity index (χ0v) is 15.9. The van der Waals surface area contributed by atoms with Crippen LogP contribution in [0.3, 0.4) is 0 Å². The topological polar surface area (TPSA) is 35.6 Å². The van der Waals surface area contributed by atoms with Crippen molar-refractivity contribution in [1.29, 1.82) is 0 Å². The fourth-order valence-electron chi connectivity index (χ4n) is 4.03. The lowest BCUT2D eigenvalue weighted by Gasteiger charge is -2.35. The van der Waals surface area contributed by atoms with Crippen molar-refractivity contribution in [3.05, 3.63) is 77.4 Å². The van der Waals surface area contributed by atoms with Crippen LogP contribution in [0.1, 0.15) is 23.1 Å². The lowest BCUT2D eigenvalue weighted by Crippen LogP contribution is -2.49. The Kier molecular flexibility index (Phi) is 5.26. The first-order valence-corrected chi connectivity index (χ1v) is 9.75. The number of carbonyl (C=O) groups excluding carboxylic acids is 1. The van der Waals surface area contributed by atoms with Gasteiger partial charge in [0.05, 0.1) is 0 Å². The summed E-state index contributed by atoms with van der Waals surface area (Å²) in [6.45, 7) is 3.09. The van der Waals surface area contributed by atoms with E-state index >= 15 is 0 Å². The van der Waals surface area contributed by atoms with E-state index in [4.69, 9.17) is 0 Å². The minimum absolute atomic E-state index is 0.0469. The molecule has 2 aliphatic rings. The number of rotatable bonds is 3. The molecule has 1 unspecified atom stereocenters. The molecule has 4 nitrogen and oxygen atoms in total. The third-order valence-corrected chi connectivity index (χ3v) is 5.75. The van der Waals surface area contributed by atoms with Crippen LogP contribution in [0.5, 0.6) is 0 Å². The highest BCUT2D eigenvalue weighted by Gasteiger charge is 2.24. The number of amides is 2. The third kappa shape index (κ3) is 4.06. The van der Waals surface area contributed by atoms with E-state index in [1.165, 1.54) is 22.3 Å². The summed E-state index contributed by atoms with van der Waals surface area (Å²) in [6, 6.07) is 19.4. The average molecular weight is 361 g/mol. The smallest absolute Gasteiger partial charge is 0.317 e. The number of hydrogen-bond acceptors (Lipinski definition) is 2. The molecule has 2 aliphatic heterocycles. The second kappa shape index (κ2) is 7.97. The van der Waals surface area contributed by atoms with Crippen molar-refractivity contribution in [3.8, 4) is 0 Å². The molecule has 1 N–H and O–H groups in total. The molecule has 1 atom stereocenters. The van der Waals surface area contributed by atoms with Crippen molar-refractivity contribution in [2.75, 3.05) is 26.7 Å². The van der Waals surface area contributed by atoms with E-state index in [1.807, 2.05) is 11.0 Å². The van der Waals surface area contributed by atoms with Gasteiger partial charge in [0.2, 0.25) is 0 Å². The third-order valence-electron chi connectivity index (χ3n) is 5.75. The molecule has 140 valence electrons. The SMILES string of the molecule is CN1Cc2ccccc2CC1CNC(=O)N1CC=C(c2ccccc2)CC1. The second-order valence-electron chi connectivity index (χ2n) is 7.52. The first-order chi connectivity index (χ1) is 13.2. The van der Waals surface area contributed by atoms with E-state index in [-0.39, 0.29) is 6.03 Å². The fourth-order valence-corrected chi connectivity index (χ4v) is 4.03. The Labute approximate surface area is 161 Å². The molecule has 0 fully saturated rings. The van der Waals surface area contributed by atoms with Gasteiger partial charge in [0, 0.05) is 32.2 Å². The van der Waals surface area contributed by atoms with Crippen LogP contribution in [0.25, 0.3) is 5.57 Å². The molecule has 0 bridgehead atoms. The number of carbonyl (C=O) groups is 1. The summed E-state index contributed by atoms with van der Waals surface area (Å²) in [5.74, 6) is 0. The maximum atomic E-state index is 12.6. The van der Waals surface area contributed by atoms with E-state index in [0.29, 0.717) is 19.1 Å². The van der Waals surface area contributed by atoms with Gasteiger partial charge in [-0.1, -0.05) is 60.7 Å². The molecule has 0 radical (unpaired) electrons. The van der Waals surface area contributed by atoms with Crippen LogP contribution < -0.4 is 5.32 Å². The summed E-state index contributed by atoms with van der Waals surface area (Å²) < 4.78 is 0. The highest BCUT2D eigenvalue weighted by Crippen LogP contribution is 2.23. The number of benzene rings is 2. The van der Waals surface area contributed by atoms with Gasteiger partial charge in [0.1, 0.15) is 0 Å². The van der Waals surface area contributed by atoms with E-state index < -0.39 is 0 Å². The molecule has 2 aromatic carbocycles. The standard InChI is InChI=1S/C23H27N3O/c1-25-17-21-10-6-5-9-20(21)15-22(25)16-24-23(27)26-13-11-19(12-14-26)18-7-3-2-4-8-18/h2-11,22H,12-17H2,1H3,(H,24,27). The predicted molar refractivity (Wildman–Crippen MR) is 109 cm³/mol.